The molecule has 0 spiro atoms. The minimum atomic E-state index is -3.46. The number of nitrogens with zero attached hydrogens (tertiary/aromatic N) is 2. The molecule has 1 heterocycles. The number of hydrogen-bond donors (Lipinski definition) is 0. The Morgan fingerprint density at radius 1 is 1.44 bits per heavy atom. The highest BCUT2D eigenvalue weighted by Gasteiger charge is 2.22. The first-order chi connectivity index (χ1) is 7.50. The van der Waals surface area contributed by atoms with Crippen LogP contribution in [-0.4, -0.2) is 18.7 Å². The fourth-order valence-electron chi connectivity index (χ4n) is 1.33. The molecule has 1 aromatic rings. The highest BCUT2D eigenvalue weighted by Crippen LogP contribution is 2.09. The van der Waals surface area contributed by atoms with E-state index in [2.05, 4.69) is 0 Å². The lowest BCUT2D eigenvalue weighted by atomic mass is 10.4. The van der Waals surface area contributed by atoms with Crippen molar-refractivity contribution in [3.05, 3.63) is 12.4 Å². The third-order valence-electron chi connectivity index (χ3n) is 2.31. The summed E-state index contributed by atoms with van der Waals surface area (Å²) >= 11 is 0. The molecule has 1 aromatic heterocycles. The van der Waals surface area contributed by atoms with E-state index in [9.17, 15) is 8.42 Å². The van der Waals surface area contributed by atoms with E-state index >= 15 is 0 Å². The van der Waals surface area contributed by atoms with Crippen LogP contribution in [0, 0.1) is 0 Å². The lowest BCUT2D eigenvalue weighted by Crippen LogP contribution is -2.31. The molecule has 0 saturated heterocycles. The molecule has 0 aliphatic heterocycles. The minimum Gasteiger partial charge on any atom is -0.308 e. The predicted molar refractivity (Wildman–Crippen MR) is 60.6 cm³/mol. The molecule has 0 aliphatic rings. The van der Waals surface area contributed by atoms with Crippen LogP contribution in [0.25, 0.3) is 0 Å². The van der Waals surface area contributed by atoms with Crippen molar-refractivity contribution in [1.29, 1.82) is 0 Å². The third-order valence-corrected chi connectivity index (χ3v) is 3.50. The smallest absolute Gasteiger partial charge is 0.308 e. The molecule has 16 heavy (non-hydrogen) atoms. The van der Waals surface area contributed by atoms with Gasteiger partial charge in [0.25, 0.3) is 0 Å². The van der Waals surface area contributed by atoms with Crippen LogP contribution >= 0.6 is 0 Å². The predicted octanol–water partition coefficient (Wildman–Crippen LogP) is 0.841. The highest BCUT2D eigenvalue weighted by atomic mass is 32.2. The normalized spacial score (nSPS) is 11.7. The SMILES string of the molecule is CCCCS(=O)(=O)Oc1n(CC)cc[n+]1C. The van der Waals surface area contributed by atoms with Gasteiger partial charge in [-0.15, -0.1) is 0 Å². The maximum absolute atomic E-state index is 11.6. The first-order valence-corrected chi connectivity index (χ1v) is 7.04. The Labute approximate surface area is 96.8 Å². The number of aryl methyl sites for hydroxylation is 2. The molecule has 6 heteroatoms. The Hall–Kier alpha value is -1.04. The van der Waals surface area contributed by atoms with E-state index in [0.717, 1.165) is 6.42 Å². The highest BCUT2D eigenvalue weighted by molar-refractivity contribution is 7.87. The third kappa shape index (κ3) is 3.23. The monoisotopic (exact) mass is 247 g/mol. The average Bonchev–Trinajstić information content (AvgIpc) is 2.57. The van der Waals surface area contributed by atoms with Crippen LogP contribution in [0.5, 0.6) is 6.01 Å². The molecule has 0 aromatic carbocycles. The Kier molecular flexibility index (Phi) is 4.35. The van der Waals surface area contributed by atoms with Crippen LogP contribution < -0.4 is 8.75 Å². The molecular weight excluding hydrogens is 228 g/mol. The number of aromatic nitrogens is 2. The van der Waals surface area contributed by atoms with E-state index in [1.54, 1.807) is 28.6 Å². The molecule has 0 saturated carbocycles. The lowest BCUT2D eigenvalue weighted by Gasteiger charge is -2.03. The van der Waals surface area contributed by atoms with Crippen LogP contribution in [-0.2, 0) is 23.7 Å². The van der Waals surface area contributed by atoms with E-state index in [1.807, 2.05) is 13.8 Å². The summed E-state index contributed by atoms with van der Waals surface area (Å²) in [7, 11) is -1.70. The second-order valence-electron chi connectivity index (χ2n) is 3.68. The van der Waals surface area contributed by atoms with E-state index in [4.69, 9.17) is 4.18 Å². The second-order valence-corrected chi connectivity index (χ2v) is 5.37. The fourth-order valence-corrected chi connectivity index (χ4v) is 2.50. The molecular formula is C10H19N2O3S+. The van der Waals surface area contributed by atoms with Crippen molar-refractivity contribution in [3.8, 4) is 6.01 Å². The van der Waals surface area contributed by atoms with E-state index in [0.29, 0.717) is 19.0 Å². The van der Waals surface area contributed by atoms with Crippen molar-refractivity contribution in [2.45, 2.75) is 33.2 Å². The summed E-state index contributed by atoms with van der Waals surface area (Å²) in [4.78, 5) is 0. The first-order valence-electron chi connectivity index (χ1n) is 5.47. The van der Waals surface area contributed by atoms with Crippen molar-refractivity contribution < 1.29 is 17.2 Å². The van der Waals surface area contributed by atoms with Crippen LogP contribution in [0.3, 0.4) is 0 Å². The summed E-state index contributed by atoms with van der Waals surface area (Å²) in [6.07, 6.45) is 5.03. The standard InChI is InChI=1S/C10H19N2O3S/c1-4-6-9-16(13,14)15-10-11(3)7-8-12(10)5-2/h7-8H,4-6,9H2,1-3H3/q+1. The number of unbranched alkanes of at least 4 members (excludes halogenated alkanes) is 1. The summed E-state index contributed by atoms with van der Waals surface area (Å²) in [5.41, 5.74) is 0. The van der Waals surface area contributed by atoms with Gasteiger partial charge in [-0.05, 0) is 13.3 Å². The zero-order chi connectivity index (χ0) is 12.2. The second kappa shape index (κ2) is 5.34. The fraction of sp³-hybridized carbons (Fsp3) is 0.700. The zero-order valence-electron chi connectivity index (χ0n) is 10.0. The molecule has 0 N–H and O–H groups in total. The Bertz CT molecular complexity index is 437. The van der Waals surface area contributed by atoms with E-state index in [1.165, 1.54) is 0 Å². The maximum atomic E-state index is 11.6. The average molecular weight is 247 g/mol. The van der Waals surface area contributed by atoms with Crippen molar-refractivity contribution in [2.75, 3.05) is 5.75 Å². The number of rotatable bonds is 6. The van der Waals surface area contributed by atoms with E-state index in [-0.39, 0.29) is 5.75 Å². The largest absolute Gasteiger partial charge is 0.471 e. The summed E-state index contributed by atoms with van der Waals surface area (Å²) in [6, 6.07) is 0.360. The van der Waals surface area contributed by atoms with Gasteiger partial charge in [-0.3, -0.25) is 0 Å². The quantitative estimate of drug-likeness (QED) is 0.553. The molecule has 0 aliphatic carbocycles. The van der Waals surface area contributed by atoms with Crippen molar-refractivity contribution in [1.82, 2.24) is 4.57 Å². The molecule has 0 atom stereocenters. The number of imidazole rings is 1. The summed E-state index contributed by atoms with van der Waals surface area (Å²) in [5.74, 6) is 0.0679. The molecule has 0 amide bonds. The molecule has 92 valence electrons. The molecule has 0 unspecified atom stereocenters. The minimum absolute atomic E-state index is 0.0679. The first kappa shape index (κ1) is 13.0. The topological polar surface area (TPSA) is 52.2 Å². The summed E-state index contributed by atoms with van der Waals surface area (Å²) in [6.45, 7) is 4.56. The zero-order valence-corrected chi connectivity index (χ0v) is 10.8. The van der Waals surface area contributed by atoms with Crippen molar-refractivity contribution >= 4 is 10.1 Å². The van der Waals surface area contributed by atoms with E-state index < -0.39 is 10.1 Å². The van der Waals surface area contributed by atoms with Gasteiger partial charge < -0.3 is 4.18 Å². The van der Waals surface area contributed by atoms with Gasteiger partial charge in [-0.25, -0.2) is 0 Å². The van der Waals surface area contributed by atoms with Gasteiger partial charge in [0, 0.05) is 0 Å². The maximum Gasteiger partial charge on any atom is 0.471 e. The summed E-state index contributed by atoms with van der Waals surface area (Å²) < 4.78 is 31.8. The van der Waals surface area contributed by atoms with Crippen molar-refractivity contribution in [2.24, 2.45) is 7.05 Å². The molecule has 0 fully saturated rings. The van der Waals surface area contributed by atoms with Crippen LogP contribution in [0.15, 0.2) is 12.4 Å². The van der Waals surface area contributed by atoms with Gasteiger partial charge in [0.15, 0.2) is 0 Å². The van der Waals surface area contributed by atoms with Crippen molar-refractivity contribution in [3.63, 3.8) is 0 Å². The van der Waals surface area contributed by atoms with Gasteiger partial charge in [-0.1, -0.05) is 13.3 Å². The van der Waals surface area contributed by atoms with Crippen LogP contribution in [0.2, 0.25) is 0 Å². The molecule has 0 bridgehead atoms. The van der Waals surface area contributed by atoms with Crippen LogP contribution in [0.1, 0.15) is 26.7 Å². The molecule has 5 nitrogen and oxygen atoms in total. The molecule has 1 rings (SSSR count). The van der Waals surface area contributed by atoms with Gasteiger partial charge in [0.2, 0.25) is 0 Å². The lowest BCUT2D eigenvalue weighted by molar-refractivity contribution is -0.674. The van der Waals surface area contributed by atoms with Crippen LogP contribution in [0.4, 0.5) is 0 Å². The summed E-state index contributed by atoms with van der Waals surface area (Å²) in [5, 5.41) is 0. The Morgan fingerprint density at radius 3 is 2.69 bits per heavy atom. The van der Waals surface area contributed by atoms with Gasteiger partial charge in [-0.2, -0.15) is 17.6 Å². The number of hydrogen-bond acceptors (Lipinski definition) is 3. The molecule has 0 radical (unpaired) electrons. The Morgan fingerprint density at radius 2 is 2.12 bits per heavy atom. The Balaban J connectivity index is 2.83. The van der Waals surface area contributed by atoms with Gasteiger partial charge in [0.1, 0.15) is 12.4 Å². The van der Waals surface area contributed by atoms with Gasteiger partial charge in [0.05, 0.1) is 19.3 Å². The van der Waals surface area contributed by atoms with Gasteiger partial charge >= 0.3 is 16.1 Å².